The second-order valence-corrected chi connectivity index (χ2v) is 10.9. The van der Waals surface area contributed by atoms with Crippen molar-refractivity contribution in [2.75, 3.05) is 31.1 Å². The van der Waals surface area contributed by atoms with Crippen LogP contribution in [0.25, 0.3) is 22.4 Å². The number of anilines is 1. The van der Waals surface area contributed by atoms with Gasteiger partial charge in [-0.1, -0.05) is 54.0 Å². The van der Waals surface area contributed by atoms with Gasteiger partial charge in [0.05, 0.1) is 9.82 Å². The van der Waals surface area contributed by atoms with Crippen LogP contribution in [0, 0.1) is 10.1 Å². The van der Waals surface area contributed by atoms with E-state index in [0.717, 1.165) is 18.1 Å². The fraction of sp³-hybridized carbons (Fsp3) is 0.292. The first-order valence-electron chi connectivity index (χ1n) is 11.7. The van der Waals surface area contributed by atoms with Crippen LogP contribution >= 0.6 is 11.6 Å². The number of aryl methyl sites for hydroxylation is 1. The van der Waals surface area contributed by atoms with E-state index >= 15 is 0 Å². The number of rotatable bonds is 7. The zero-order chi connectivity index (χ0) is 26.2. The smallest absolute Gasteiger partial charge is 0.289 e. The summed E-state index contributed by atoms with van der Waals surface area (Å²) in [5.41, 5.74) is 1.42. The predicted molar refractivity (Wildman–Crippen MR) is 138 cm³/mol. The molecule has 2 aromatic heterocycles. The van der Waals surface area contributed by atoms with Crippen molar-refractivity contribution in [3.05, 3.63) is 69.5 Å². The van der Waals surface area contributed by atoms with Gasteiger partial charge >= 0.3 is 0 Å². The average Bonchev–Trinajstić information content (AvgIpc) is 3.33. The zero-order valence-electron chi connectivity index (χ0n) is 19.9. The minimum absolute atomic E-state index is 0.118. The lowest BCUT2D eigenvalue weighted by Gasteiger charge is -2.35. The Balaban J connectivity index is 1.46. The highest BCUT2D eigenvalue weighted by Gasteiger charge is 2.32. The molecular formula is C24H23ClN6O5S. The summed E-state index contributed by atoms with van der Waals surface area (Å²) in [6, 6.07) is 13.1. The van der Waals surface area contributed by atoms with Gasteiger partial charge in [0.15, 0.2) is 0 Å². The molecule has 0 aliphatic carbocycles. The SMILES string of the molecule is CCCc1nc(N2CCN(S(=O)(=O)c3ccc(Cl)c([N+](=O)[O-])c3)CC2)c2c(-c3ccccc3)noc2n1. The van der Waals surface area contributed by atoms with Gasteiger partial charge in [-0.05, 0) is 18.6 Å². The average molecular weight is 543 g/mol. The van der Waals surface area contributed by atoms with E-state index in [4.69, 9.17) is 21.1 Å². The van der Waals surface area contributed by atoms with Crippen LogP contribution in [0.15, 0.2) is 57.9 Å². The molecule has 1 fully saturated rings. The molecule has 4 aromatic rings. The van der Waals surface area contributed by atoms with Gasteiger partial charge in [0, 0.05) is 44.2 Å². The second-order valence-electron chi connectivity index (χ2n) is 8.55. The molecule has 0 saturated carbocycles. The van der Waals surface area contributed by atoms with Crippen LogP contribution in [0.3, 0.4) is 0 Å². The van der Waals surface area contributed by atoms with Crippen LogP contribution in [0.1, 0.15) is 19.2 Å². The minimum atomic E-state index is -3.96. The number of hydrogen-bond acceptors (Lipinski definition) is 9. The van der Waals surface area contributed by atoms with Gasteiger partial charge in [0.2, 0.25) is 10.0 Å². The third kappa shape index (κ3) is 4.75. The molecule has 37 heavy (non-hydrogen) atoms. The predicted octanol–water partition coefficient (Wildman–Crippen LogP) is 4.31. The first kappa shape index (κ1) is 25.1. The Bertz CT molecular complexity index is 1570. The molecule has 0 spiro atoms. The maximum atomic E-state index is 13.3. The maximum Gasteiger partial charge on any atom is 0.289 e. The summed E-state index contributed by atoms with van der Waals surface area (Å²) >= 11 is 5.86. The first-order valence-corrected chi connectivity index (χ1v) is 13.5. The summed E-state index contributed by atoms with van der Waals surface area (Å²) < 4.78 is 33.4. The summed E-state index contributed by atoms with van der Waals surface area (Å²) in [6.45, 7) is 3.07. The number of aromatic nitrogens is 3. The molecule has 1 aliphatic rings. The van der Waals surface area contributed by atoms with Crippen molar-refractivity contribution >= 4 is 44.2 Å². The van der Waals surface area contributed by atoms with Gasteiger partial charge < -0.3 is 9.42 Å². The molecule has 0 radical (unpaired) electrons. The Morgan fingerprint density at radius 2 is 1.81 bits per heavy atom. The van der Waals surface area contributed by atoms with Crippen LogP contribution in [0.5, 0.6) is 0 Å². The number of halogens is 1. The molecule has 0 amide bonds. The van der Waals surface area contributed by atoms with E-state index in [9.17, 15) is 18.5 Å². The fourth-order valence-electron chi connectivity index (χ4n) is 4.32. The van der Waals surface area contributed by atoms with Crippen molar-refractivity contribution in [2.24, 2.45) is 0 Å². The van der Waals surface area contributed by atoms with Crippen LogP contribution in [-0.4, -0.2) is 58.9 Å². The third-order valence-electron chi connectivity index (χ3n) is 6.17. The first-order chi connectivity index (χ1) is 17.8. The topological polar surface area (TPSA) is 136 Å². The van der Waals surface area contributed by atoms with Crippen molar-refractivity contribution in [1.29, 1.82) is 0 Å². The molecule has 0 unspecified atom stereocenters. The van der Waals surface area contributed by atoms with Crippen LogP contribution in [0.2, 0.25) is 5.02 Å². The molecule has 192 valence electrons. The summed E-state index contributed by atoms with van der Waals surface area (Å²) in [4.78, 5) is 21.8. The number of fused-ring (bicyclic) bond motifs is 1. The molecule has 0 atom stereocenters. The monoisotopic (exact) mass is 542 g/mol. The molecular weight excluding hydrogens is 520 g/mol. The van der Waals surface area contributed by atoms with E-state index in [1.807, 2.05) is 42.2 Å². The number of nitrogens with zero attached hydrogens (tertiary/aromatic N) is 6. The summed E-state index contributed by atoms with van der Waals surface area (Å²) in [7, 11) is -3.96. The molecule has 11 nitrogen and oxygen atoms in total. The number of piperazine rings is 1. The van der Waals surface area contributed by atoms with Crippen molar-refractivity contribution in [1.82, 2.24) is 19.4 Å². The molecule has 1 saturated heterocycles. The van der Waals surface area contributed by atoms with Gasteiger partial charge in [-0.15, -0.1) is 0 Å². The quantitative estimate of drug-likeness (QED) is 0.247. The molecule has 2 aromatic carbocycles. The number of benzene rings is 2. The van der Waals surface area contributed by atoms with Crippen LogP contribution in [-0.2, 0) is 16.4 Å². The van der Waals surface area contributed by atoms with E-state index < -0.39 is 20.6 Å². The van der Waals surface area contributed by atoms with E-state index in [-0.39, 0.29) is 23.0 Å². The lowest BCUT2D eigenvalue weighted by atomic mass is 10.1. The molecule has 5 rings (SSSR count). The molecule has 0 N–H and O–H groups in total. The van der Waals surface area contributed by atoms with Gasteiger partial charge in [0.1, 0.15) is 27.7 Å². The summed E-state index contributed by atoms with van der Waals surface area (Å²) in [5.74, 6) is 1.28. The minimum Gasteiger partial charge on any atom is -0.353 e. The Morgan fingerprint density at radius 1 is 1.08 bits per heavy atom. The summed E-state index contributed by atoms with van der Waals surface area (Å²) in [5, 5.41) is 16.1. The van der Waals surface area contributed by atoms with E-state index in [1.165, 1.54) is 16.4 Å². The zero-order valence-corrected chi connectivity index (χ0v) is 21.4. The standard InChI is InChI=1S/C24H23ClN6O5S/c1-2-6-20-26-23(21-22(28-36-24(21)27-20)16-7-4-3-5-8-16)29-11-13-30(14-12-29)37(34,35)17-9-10-18(25)19(15-17)31(32)33/h3-5,7-10,15H,2,6,11-14H2,1H3. The number of sulfonamides is 1. The number of nitro benzene ring substituents is 1. The van der Waals surface area contributed by atoms with E-state index in [1.54, 1.807) is 0 Å². The largest absolute Gasteiger partial charge is 0.353 e. The number of hydrogen-bond donors (Lipinski definition) is 0. The van der Waals surface area contributed by atoms with E-state index in [2.05, 4.69) is 10.1 Å². The highest BCUT2D eigenvalue weighted by molar-refractivity contribution is 7.89. The summed E-state index contributed by atoms with van der Waals surface area (Å²) in [6.07, 6.45) is 1.51. The Labute approximate surface area is 217 Å². The van der Waals surface area contributed by atoms with Gasteiger partial charge in [0.25, 0.3) is 11.4 Å². The molecule has 13 heteroatoms. The van der Waals surface area contributed by atoms with Crippen LogP contribution < -0.4 is 4.90 Å². The lowest BCUT2D eigenvalue weighted by molar-refractivity contribution is -0.384. The van der Waals surface area contributed by atoms with Gasteiger partial charge in [-0.2, -0.15) is 9.29 Å². The highest BCUT2D eigenvalue weighted by atomic mass is 35.5. The van der Waals surface area contributed by atoms with Crippen molar-refractivity contribution in [3.63, 3.8) is 0 Å². The van der Waals surface area contributed by atoms with Crippen molar-refractivity contribution in [3.8, 4) is 11.3 Å². The van der Waals surface area contributed by atoms with E-state index in [0.29, 0.717) is 47.9 Å². The second kappa shape index (κ2) is 10.0. The highest BCUT2D eigenvalue weighted by Crippen LogP contribution is 2.35. The molecule has 0 bridgehead atoms. The Hall–Kier alpha value is -3.61. The third-order valence-corrected chi connectivity index (χ3v) is 8.39. The van der Waals surface area contributed by atoms with Gasteiger partial charge in [-0.25, -0.2) is 13.4 Å². The van der Waals surface area contributed by atoms with Crippen LogP contribution in [0.4, 0.5) is 11.5 Å². The maximum absolute atomic E-state index is 13.3. The van der Waals surface area contributed by atoms with Crippen molar-refractivity contribution in [2.45, 2.75) is 24.7 Å². The van der Waals surface area contributed by atoms with Crippen molar-refractivity contribution < 1.29 is 17.9 Å². The fourth-order valence-corrected chi connectivity index (χ4v) is 5.95. The normalized spacial score (nSPS) is 14.8. The Kier molecular flexibility index (Phi) is 6.80. The molecule has 3 heterocycles. The number of nitro groups is 1. The Morgan fingerprint density at radius 3 is 2.49 bits per heavy atom. The van der Waals surface area contributed by atoms with Gasteiger partial charge in [-0.3, -0.25) is 10.1 Å². The molecule has 1 aliphatic heterocycles. The lowest BCUT2D eigenvalue weighted by Crippen LogP contribution is -2.49.